The molecule has 1 rings (SSSR count). The van der Waals surface area contributed by atoms with Gasteiger partial charge < -0.3 is 9.47 Å². The van der Waals surface area contributed by atoms with Gasteiger partial charge in [-0.15, -0.1) is 0 Å². The van der Waals surface area contributed by atoms with Gasteiger partial charge in [0, 0.05) is 6.42 Å². The van der Waals surface area contributed by atoms with Gasteiger partial charge in [0.05, 0.1) is 13.7 Å². The molecule has 0 radical (unpaired) electrons. The number of rotatable bonds is 1. The highest BCUT2D eigenvalue weighted by Crippen LogP contribution is 2.24. The Hall–Kier alpha value is -0.510. The predicted molar refractivity (Wildman–Crippen MR) is 43.2 cm³/mol. The molecular weight excluding hydrogens is 212 g/mol. The van der Waals surface area contributed by atoms with Gasteiger partial charge in [0.15, 0.2) is 0 Å². The summed E-state index contributed by atoms with van der Waals surface area (Å²) < 4.78 is 10.1. The van der Waals surface area contributed by atoms with Crippen molar-refractivity contribution in [3.05, 3.63) is 10.2 Å². The van der Waals surface area contributed by atoms with Crippen LogP contribution in [-0.4, -0.2) is 19.7 Å². The fourth-order valence-electron chi connectivity index (χ4n) is 0.877. The first-order valence-corrected chi connectivity index (χ1v) is 4.14. The minimum Gasteiger partial charge on any atom is -0.496 e. The lowest BCUT2D eigenvalue weighted by Gasteiger charge is -2.01. The van der Waals surface area contributed by atoms with E-state index in [1.165, 1.54) is 7.11 Å². The van der Waals surface area contributed by atoms with E-state index in [2.05, 4.69) is 20.7 Å². The van der Waals surface area contributed by atoms with Gasteiger partial charge in [-0.3, -0.25) is 0 Å². The summed E-state index contributed by atoms with van der Waals surface area (Å²) >= 11 is 3.11. The van der Waals surface area contributed by atoms with Crippen LogP contribution in [0.1, 0.15) is 12.8 Å². The number of halogens is 1. The first-order chi connectivity index (χ1) is 5.25. The number of ether oxygens (including phenoxy) is 2. The molecule has 0 bridgehead atoms. The molecular formula is C7H9BrO3. The van der Waals surface area contributed by atoms with Crippen molar-refractivity contribution in [2.24, 2.45) is 0 Å². The summed E-state index contributed by atoms with van der Waals surface area (Å²) in [7, 11) is 1.35. The summed E-state index contributed by atoms with van der Waals surface area (Å²) in [5.41, 5.74) is 0. The number of hydrogen-bond donors (Lipinski definition) is 0. The lowest BCUT2D eigenvalue weighted by Crippen LogP contribution is -2.02. The summed E-state index contributed by atoms with van der Waals surface area (Å²) in [6.07, 6.45) is 1.79. The maximum Gasteiger partial charge on any atom is 0.348 e. The van der Waals surface area contributed by atoms with E-state index in [0.717, 1.165) is 12.8 Å². The number of esters is 1. The van der Waals surface area contributed by atoms with Crippen molar-refractivity contribution >= 4 is 21.9 Å². The molecule has 0 aliphatic carbocycles. The number of hydrogen-bond acceptors (Lipinski definition) is 3. The number of allylic oxidation sites excluding steroid dienone is 1. The molecule has 1 aliphatic heterocycles. The fraction of sp³-hybridized carbons (Fsp3) is 0.571. The molecule has 0 unspecified atom stereocenters. The Morgan fingerprint density at radius 1 is 1.73 bits per heavy atom. The monoisotopic (exact) mass is 220 g/mol. The molecule has 3 nitrogen and oxygen atoms in total. The minimum absolute atomic E-state index is 0.373. The average Bonchev–Trinajstić information content (AvgIpc) is 2.53. The van der Waals surface area contributed by atoms with E-state index in [1.807, 2.05) is 0 Å². The average molecular weight is 221 g/mol. The zero-order chi connectivity index (χ0) is 8.27. The van der Waals surface area contributed by atoms with E-state index >= 15 is 0 Å². The van der Waals surface area contributed by atoms with E-state index in [4.69, 9.17) is 4.74 Å². The van der Waals surface area contributed by atoms with E-state index in [-0.39, 0.29) is 5.97 Å². The normalized spacial score (nSPS) is 20.9. The molecule has 0 N–H and O–H groups in total. The van der Waals surface area contributed by atoms with Gasteiger partial charge in [0.25, 0.3) is 0 Å². The molecule has 0 aromatic carbocycles. The molecule has 1 fully saturated rings. The molecule has 0 aromatic heterocycles. The van der Waals surface area contributed by atoms with Crippen LogP contribution in [0.3, 0.4) is 0 Å². The van der Waals surface area contributed by atoms with Gasteiger partial charge in [-0.2, -0.15) is 0 Å². The third-order valence-corrected chi connectivity index (χ3v) is 2.20. The highest BCUT2D eigenvalue weighted by Gasteiger charge is 2.17. The Morgan fingerprint density at radius 2 is 2.45 bits per heavy atom. The van der Waals surface area contributed by atoms with Crippen LogP contribution in [0.2, 0.25) is 0 Å². The Kier molecular flexibility index (Phi) is 2.93. The molecule has 0 amide bonds. The molecule has 62 valence electrons. The van der Waals surface area contributed by atoms with Gasteiger partial charge in [0.1, 0.15) is 10.2 Å². The van der Waals surface area contributed by atoms with E-state index in [1.54, 1.807) is 0 Å². The fourth-order valence-corrected chi connectivity index (χ4v) is 1.35. The Balaban J connectivity index is 2.69. The minimum atomic E-state index is -0.373. The molecule has 0 atom stereocenters. The predicted octanol–water partition coefficient (Wildman–Crippen LogP) is 1.58. The van der Waals surface area contributed by atoms with Crippen molar-refractivity contribution in [2.45, 2.75) is 12.8 Å². The maximum atomic E-state index is 10.9. The van der Waals surface area contributed by atoms with Crippen LogP contribution in [0.4, 0.5) is 0 Å². The quantitative estimate of drug-likeness (QED) is 0.498. The number of carbonyl (C=O) groups is 1. The molecule has 1 aliphatic rings. The summed E-state index contributed by atoms with van der Waals surface area (Å²) in [6, 6.07) is 0. The summed E-state index contributed by atoms with van der Waals surface area (Å²) in [5.74, 6) is 0.332. The number of methoxy groups -OCH3 is 1. The SMILES string of the molecule is COC(=O)C(Br)=C1CCCO1. The lowest BCUT2D eigenvalue weighted by molar-refractivity contribution is -0.135. The molecule has 1 heterocycles. The third-order valence-electron chi connectivity index (χ3n) is 1.43. The highest BCUT2D eigenvalue weighted by atomic mass is 79.9. The molecule has 0 saturated carbocycles. The summed E-state index contributed by atoms with van der Waals surface area (Å²) in [6.45, 7) is 0.696. The lowest BCUT2D eigenvalue weighted by atomic mass is 10.3. The maximum absolute atomic E-state index is 10.9. The molecule has 1 saturated heterocycles. The van der Waals surface area contributed by atoms with E-state index in [9.17, 15) is 4.79 Å². The molecule has 4 heteroatoms. The Labute approximate surface area is 73.5 Å². The van der Waals surface area contributed by atoms with E-state index < -0.39 is 0 Å². The summed E-state index contributed by atoms with van der Waals surface area (Å²) in [4.78, 5) is 10.9. The van der Waals surface area contributed by atoms with Crippen LogP contribution in [0.5, 0.6) is 0 Å². The van der Waals surface area contributed by atoms with Crippen molar-refractivity contribution in [2.75, 3.05) is 13.7 Å². The highest BCUT2D eigenvalue weighted by molar-refractivity contribution is 9.12. The van der Waals surface area contributed by atoms with Crippen LogP contribution in [-0.2, 0) is 14.3 Å². The summed E-state index contributed by atoms with van der Waals surface area (Å²) in [5, 5.41) is 0. The van der Waals surface area contributed by atoms with Crippen LogP contribution in [0.25, 0.3) is 0 Å². The van der Waals surface area contributed by atoms with Crippen LogP contribution in [0.15, 0.2) is 10.2 Å². The van der Waals surface area contributed by atoms with Gasteiger partial charge in [-0.25, -0.2) is 4.79 Å². The van der Waals surface area contributed by atoms with Crippen LogP contribution in [0, 0.1) is 0 Å². The van der Waals surface area contributed by atoms with E-state index in [0.29, 0.717) is 16.8 Å². The van der Waals surface area contributed by atoms with Crippen molar-refractivity contribution in [3.8, 4) is 0 Å². The second-order valence-electron chi connectivity index (χ2n) is 2.18. The Morgan fingerprint density at radius 3 is 2.91 bits per heavy atom. The number of carbonyl (C=O) groups excluding carboxylic acids is 1. The standard InChI is InChI=1S/C7H9BrO3/c1-10-7(9)6(8)5-3-2-4-11-5/h2-4H2,1H3. The topological polar surface area (TPSA) is 35.5 Å². The largest absolute Gasteiger partial charge is 0.496 e. The van der Waals surface area contributed by atoms with Crippen LogP contribution < -0.4 is 0 Å². The first-order valence-electron chi connectivity index (χ1n) is 3.35. The zero-order valence-electron chi connectivity index (χ0n) is 6.22. The molecule has 11 heavy (non-hydrogen) atoms. The second-order valence-corrected chi connectivity index (χ2v) is 2.97. The van der Waals surface area contributed by atoms with Gasteiger partial charge >= 0.3 is 5.97 Å². The molecule has 0 aromatic rings. The Bertz CT molecular complexity index is 190. The van der Waals surface area contributed by atoms with Gasteiger partial charge in [0.2, 0.25) is 0 Å². The van der Waals surface area contributed by atoms with Crippen molar-refractivity contribution < 1.29 is 14.3 Å². The van der Waals surface area contributed by atoms with Gasteiger partial charge in [-0.05, 0) is 22.4 Å². The van der Waals surface area contributed by atoms with Gasteiger partial charge in [-0.1, -0.05) is 0 Å². The first kappa shape index (κ1) is 8.59. The third kappa shape index (κ3) is 1.96. The second kappa shape index (κ2) is 3.76. The zero-order valence-corrected chi connectivity index (χ0v) is 7.81. The van der Waals surface area contributed by atoms with Crippen molar-refractivity contribution in [1.82, 2.24) is 0 Å². The van der Waals surface area contributed by atoms with Crippen molar-refractivity contribution in [1.29, 1.82) is 0 Å². The molecule has 0 spiro atoms. The van der Waals surface area contributed by atoms with Crippen LogP contribution >= 0.6 is 15.9 Å². The van der Waals surface area contributed by atoms with Crippen molar-refractivity contribution in [3.63, 3.8) is 0 Å². The smallest absolute Gasteiger partial charge is 0.348 e.